The summed E-state index contributed by atoms with van der Waals surface area (Å²) in [6.07, 6.45) is 1.34. The van der Waals surface area contributed by atoms with E-state index in [9.17, 15) is 4.79 Å². The average molecular weight is 323 g/mol. The zero-order valence-electron chi connectivity index (χ0n) is 14.4. The van der Waals surface area contributed by atoms with Crippen LogP contribution in [0.25, 0.3) is 0 Å². The molecule has 24 heavy (non-hydrogen) atoms. The first-order chi connectivity index (χ1) is 11.6. The molecule has 0 aromatic heterocycles. The Balaban J connectivity index is 1.48. The number of amides is 1. The Bertz CT molecular complexity index is 691. The molecule has 2 aromatic rings. The van der Waals surface area contributed by atoms with E-state index in [-0.39, 0.29) is 12.0 Å². The molecule has 1 amide bonds. The van der Waals surface area contributed by atoms with Gasteiger partial charge in [0.1, 0.15) is 0 Å². The highest BCUT2D eigenvalue weighted by Crippen LogP contribution is 2.20. The zero-order chi connectivity index (χ0) is 16.9. The summed E-state index contributed by atoms with van der Waals surface area (Å²) in [5.74, 6) is 0.564. The van der Waals surface area contributed by atoms with Gasteiger partial charge < -0.3 is 10.1 Å². The van der Waals surface area contributed by atoms with Crippen LogP contribution in [-0.4, -0.2) is 18.6 Å². The van der Waals surface area contributed by atoms with Crippen LogP contribution in [0, 0.1) is 0 Å². The summed E-state index contributed by atoms with van der Waals surface area (Å²) in [6, 6.07) is 16.6. The molecule has 1 atom stereocenters. The number of benzene rings is 2. The summed E-state index contributed by atoms with van der Waals surface area (Å²) in [5.41, 5.74) is 4.93. The maximum absolute atomic E-state index is 12.2. The van der Waals surface area contributed by atoms with E-state index in [2.05, 4.69) is 49.5 Å². The summed E-state index contributed by atoms with van der Waals surface area (Å²) < 4.78 is 5.83. The first kappa shape index (κ1) is 16.7. The van der Waals surface area contributed by atoms with Gasteiger partial charge in [-0.2, -0.15) is 0 Å². The van der Waals surface area contributed by atoms with E-state index in [1.165, 1.54) is 16.7 Å². The third-order valence-corrected chi connectivity index (χ3v) is 4.58. The molecule has 0 radical (unpaired) electrons. The second-order valence-corrected chi connectivity index (χ2v) is 6.78. The van der Waals surface area contributed by atoms with Crippen molar-refractivity contribution in [2.24, 2.45) is 0 Å². The molecule has 126 valence electrons. The van der Waals surface area contributed by atoms with Gasteiger partial charge in [0.25, 0.3) is 0 Å². The smallest absolute Gasteiger partial charge is 0.224 e. The minimum atomic E-state index is 0.0507. The van der Waals surface area contributed by atoms with E-state index in [4.69, 9.17) is 4.74 Å². The van der Waals surface area contributed by atoms with Gasteiger partial charge in [0, 0.05) is 13.0 Å². The first-order valence-corrected chi connectivity index (χ1v) is 8.65. The molecule has 0 saturated carbocycles. The minimum absolute atomic E-state index is 0.0507. The van der Waals surface area contributed by atoms with Gasteiger partial charge in [-0.3, -0.25) is 4.79 Å². The lowest BCUT2D eigenvalue weighted by Crippen LogP contribution is -2.37. The number of carbonyl (C=O) groups is 1. The van der Waals surface area contributed by atoms with Crippen LogP contribution in [-0.2, 0) is 29.0 Å². The molecular weight excluding hydrogens is 298 g/mol. The minimum Gasteiger partial charge on any atom is -0.371 e. The monoisotopic (exact) mass is 323 g/mol. The van der Waals surface area contributed by atoms with E-state index in [1.807, 2.05) is 18.2 Å². The van der Waals surface area contributed by atoms with Crippen LogP contribution < -0.4 is 5.32 Å². The van der Waals surface area contributed by atoms with Crippen molar-refractivity contribution in [2.45, 2.75) is 45.3 Å². The SMILES string of the molecule is CC(C)c1ccc(CC(=O)NCC2Cc3ccccc3CO2)cc1. The van der Waals surface area contributed by atoms with E-state index in [0.29, 0.717) is 25.5 Å². The summed E-state index contributed by atoms with van der Waals surface area (Å²) in [5, 5.41) is 3.01. The Morgan fingerprint density at radius 2 is 1.83 bits per heavy atom. The Morgan fingerprint density at radius 1 is 1.12 bits per heavy atom. The van der Waals surface area contributed by atoms with Gasteiger partial charge >= 0.3 is 0 Å². The van der Waals surface area contributed by atoms with Gasteiger partial charge in [0.15, 0.2) is 0 Å². The molecule has 1 aliphatic heterocycles. The number of rotatable bonds is 5. The van der Waals surface area contributed by atoms with Gasteiger partial charge in [0.05, 0.1) is 19.1 Å². The van der Waals surface area contributed by atoms with Crippen LogP contribution in [0.5, 0.6) is 0 Å². The van der Waals surface area contributed by atoms with Crippen LogP contribution in [0.4, 0.5) is 0 Å². The lowest BCUT2D eigenvalue weighted by molar-refractivity contribution is -0.121. The second kappa shape index (κ2) is 7.63. The molecule has 0 saturated heterocycles. The van der Waals surface area contributed by atoms with Crippen molar-refractivity contribution in [2.75, 3.05) is 6.54 Å². The fraction of sp³-hybridized carbons (Fsp3) is 0.381. The molecule has 3 heteroatoms. The van der Waals surface area contributed by atoms with Crippen LogP contribution in [0.2, 0.25) is 0 Å². The fourth-order valence-electron chi connectivity index (χ4n) is 3.04. The van der Waals surface area contributed by atoms with Crippen LogP contribution in [0.3, 0.4) is 0 Å². The predicted octanol–water partition coefficient (Wildman–Crippen LogP) is 3.61. The van der Waals surface area contributed by atoms with E-state index in [1.54, 1.807) is 0 Å². The van der Waals surface area contributed by atoms with Crippen molar-refractivity contribution in [1.29, 1.82) is 0 Å². The zero-order valence-corrected chi connectivity index (χ0v) is 14.4. The molecule has 1 unspecified atom stereocenters. The van der Waals surface area contributed by atoms with Crippen molar-refractivity contribution < 1.29 is 9.53 Å². The number of carbonyl (C=O) groups excluding carboxylic acids is 1. The third kappa shape index (κ3) is 4.24. The summed E-state index contributed by atoms with van der Waals surface area (Å²) >= 11 is 0. The van der Waals surface area contributed by atoms with E-state index in [0.717, 1.165) is 12.0 Å². The molecule has 1 heterocycles. The van der Waals surface area contributed by atoms with Crippen molar-refractivity contribution in [3.8, 4) is 0 Å². The van der Waals surface area contributed by atoms with Crippen LogP contribution in [0.1, 0.15) is 42.0 Å². The summed E-state index contributed by atoms with van der Waals surface area (Å²) in [7, 11) is 0. The third-order valence-electron chi connectivity index (χ3n) is 4.58. The number of hydrogen-bond acceptors (Lipinski definition) is 2. The summed E-state index contributed by atoms with van der Waals surface area (Å²) in [4.78, 5) is 12.2. The topological polar surface area (TPSA) is 38.3 Å². The molecule has 1 N–H and O–H groups in total. The van der Waals surface area contributed by atoms with Crippen LogP contribution in [0.15, 0.2) is 48.5 Å². The van der Waals surface area contributed by atoms with Crippen molar-refractivity contribution in [3.63, 3.8) is 0 Å². The van der Waals surface area contributed by atoms with Crippen molar-refractivity contribution in [1.82, 2.24) is 5.32 Å². The van der Waals surface area contributed by atoms with Crippen LogP contribution >= 0.6 is 0 Å². The maximum atomic E-state index is 12.2. The largest absolute Gasteiger partial charge is 0.371 e. The standard InChI is InChI=1S/C21H25NO2/c1-15(2)17-9-7-16(8-10-17)11-21(23)22-13-20-12-18-5-3-4-6-19(18)14-24-20/h3-10,15,20H,11-14H2,1-2H3,(H,22,23). The predicted molar refractivity (Wildman–Crippen MR) is 96.0 cm³/mol. The number of fused-ring (bicyclic) bond motifs is 1. The molecule has 3 nitrogen and oxygen atoms in total. The van der Waals surface area contributed by atoms with Gasteiger partial charge in [-0.1, -0.05) is 62.4 Å². The highest BCUT2D eigenvalue weighted by molar-refractivity contribution is 5.78. The van der Waals surface area contributed by atoms with Gasteiger partial charge in [-0.15, -0.1) is 0 Å². The number of nitrogens with one attached hydrogen (secondary N) is 1. The molecular formula is C21H25NO2. The molecule has 2 aromatic carbocycles. The maximum Gasteiger partial charge on any atom is 0.224 e. The van der Waals surface area contributed by atoms with Crippen molar-refractivity contribution >= 4 is 5.91 Å². The quantitative estimate of drug-likeness (QED) is 0.913. The summed E-state index contributed by atoms with van der Waals surface area (Å²) in [6.45, 7) is 5.54. The number of hydrogen-bond donors (Lipinski definition) is 1. The lowest BCUT2D eigenvalue weighted by Gasteiger charge is -2.25. The van der Waals surface area contributed by atoms with E-state index < -0.39 is 0 Å². The molecule has 1 aliphatic rings. The van der Waals surface area contributed by atoms with Crippen molar-refractivity contribution in [3.05, 3.63) is 70.8 Å². The Labute approximate surface area is 144 Å². The first-order valence-electron chi connectivity index (χ1n) is 8.65. The Hall–Kier alpha value is -2.13. The highest BCUT2D eigenvalue weighted by atomic mass is 16.5. The molecule has 0 aliphatic carbocycles. The fourth-order valence-corrected chi connectivity index (χ4v) is 3.04. The Morgan fingerprint density at radius 3 is 2.54 bits per heavy atom. The van der Waals surface area contributed by atoms with Gasteiger partial charge in [-0.05, 0) is 28.2 Å². The molecule has 0 spiro atoms. The number of ether oxygens (including phenoxy) is 1. The molecule has 0 bridgehead atoms. The molecule has 0 fully saturated rings. The Kier molecular flexibility index (Phi) is 5.31. The normalized spacial score (nSPS) is 16.7. The second-order valence-electron chi connectivity index (χ2n) is 6.78. The lowest BCUT2D eigenvalue weighted by atomic mass is 9.99. The van der Waals surface area contributed by atoms with E-state index >= 15 is 0 Å². The van der Waals surface area contributed by atoms with Gasteiger partial charge in [0.2, 0.25) is 5.91 Å². The van der Waals surface area contributed by atoms with Gasteiger partial charge in [-0.25, -0.2) is 0 Å². The average Bonchev–Trinajstić information content (AvgIpc) is 2.60. The molecule has 3 rings (SSSR count). The highest BCUT2D eigenvalue weighted by Gasteiger charge is 2.19.